The smallest absolute Gasteiger partial charge is 0.475 e. The van der Waals surface area contributed by atoms with Crippen molar-refractivity contribution in [3.8, 4) is 17.1 Å². The highest BCUT2D eigenvalue weighted by atomic mass is 19.4. The molecule has 17 nitrogen and oxygen atoms in total. The van der Waals surface area contributed by atoms with Gasteiger partial charge in [-0.05, 0) is 28.6 Å². The van der Waals surface area contributed by atoms with Crippen LogP contribution in [0.5, 0.6) is 0 Å². The number of H-pyrrole nitrogens is 2. The standard InChI is InChI=1S/C26H24FN11O4.C2HF3O2/c27-17-14-30-21(18-12-19(32-31-18)24(41)28-6-11-39)22-20(17)16(13-29-22)23(40)25(42)36-7-9-37(10-8-36)26-33-34-35-38(26)15-4-2-1-3-5-15;3-2(4,5)1(6)7/h1-5,12-14,29,39H,6-11H2,(H,28,41)(H,31,32);(H,6,7). The van der Waals surface area contributed by atoms with E-state index in [9.17, 15) is 31.9 Å². The molecular formula is C28H25F4N11O6. The molecule has 0 radical (unpaired) electrons. The molecule has 1 aromatic carbocycles. The Labute approximate surface area is 271 Å². The highest BCUT2D eigenvalue weighted by Crippen LogP contribution is 2.30. The molecule has 21 heteroatoms. The number of aromatic amines is 2. The molecule has 256 valence electrons. The summed E-state index contributed by atoms with van der Waals surface area (Å²) >= 11 is 0. The van der Waals surface area contributed by atoms with Crippen molar-refractivity contribution in [2.45, 2.75) is 6.18 Å². The van der Waals surface area contributed by atoms with Crippen LogP contribution in [-0.4, -0.2) is 125 Å². The minimum absolute atomic E-state index is 0.0594. The van der Waals surface area contributed by atoms with Gasteiger partial charge in [0.05, 0.1) is 35.0 Å². The molecule has 1 fully saturated rings. The second-order valence-corrected chi connectivity index (χ2v) is 10.2. The zero-order valence-electron chi connectivity index (χ0n) is 25.0. The van der Waals surface area contributed by atoms with Gasteiger partial charge in [0.2, 0.25) is 5.95 Å². The summed E-state index contributed by atoms with van der Waals surface area (Å²) in [5.74, 6) is -5.16. The molecule has 5 heterocycles. The molecule has 0 saturated carbocycles. The van der Waals surface area contributed by atoms with Gasteiger partial charge >= 0.3 is 12.1 Å². The first-order chi connectivity index (χ1) is 23.4. The monoisotopic (exact) mass is 687 g/mol. The van der Waals surface area contributed by atoms with Crippen molar-refractivity contribution in [3.63, 3.8) is 0 Å². The molecule has 0 bridgehead atoms. The quantitative estimate of drug-likeness (QED) is 0.0873. The van der Waals surface area contributed by atoms with Gasteiger partial charge < -0.3 is 30.3 Å². The third-order valence-corrected chi connectivity index (χ3v) is 7.11. The Hall–Kier alpha value is -6.25. The van der Waals surface area contributed by atoms with Crippen LogP contribution in [-0.2, 0) is 9.59 Å². The Kier molecular flexibility index (Phi) is 9.92. The largest absolute Gasteiger partial charge is 0.490 e. The van der Waals surface area contributed by atoms with Gasteiger partial charge in [-0.3, -0.25) is 19.5 Å². The third kappa shape index (κ3) is 7.35. The Morgan fingerprint density at radius 2 is 1.73 bits per heavy atom. The van der Waals surface area contributed by atoms with E-state index in [0.717, 1.165) is 11.9 Å². The Balaban J connectivity index is 0.000000606. The van der Waals surface area contributed by atoms with E-state index in [0.29, 0.717) is 19.0 Å². The van der Waals surface area contributed by atoms with Gasteiger partial charge in [-0.2, -0.15) is 23.0 Å². The van der Waals surface area contributed by atoms with Crippen LogP contribution >= 0.6 is 0 Å². The fourth-order valence-corrected chi connectivity index (χ4v) is 4.79. The number of piperazine rings is 1. The van der Waals surface area contributed by atoms with E-state index in [1.54, 1.807) is 4.68 Å². The lowest BCUT2D eigenvalue weighted by molar-refractivity contribution is -0.192. The summed E-state index contributed by atoms with van der Waals surface area (Å²) in [6, 6.07) is 10.8. The number of amides is 2. The van der Waals surface area contributed by atoms with Gasteiger partial charge in [0.15, 0.2) is 5.82 Å². The normalized spacial score (nSPS) is 13.2. The molecule has 0 aliphatic carbocycles. The number of pyridine rings is 1. The Morgan fingerprint density at radius 1 is 1.04 bits per heavy atom. The number of aliphatic hydroxyl groups is 1. The summed E-state index contributed by atoms with van der Waals surface area (Å²) < 4.78 is 48.3. The molecule has 1 aliphatic rings. The van der Waals surface area contributed by atoms with Crippen LogP contribution in [0.25, 0.3) is 28.0 Å². The number of aliphatic hydroxyl groups excluding tert-OH is 1. The van der Waals surface area contributed by atoms with Gasteiger partial charge in [-0.1, -0.05) is 23.3 Å². The number of anilines is 1. The Bertz CT molecular complexity index is 1990. The van der Waals surface area contributed by atoms with Gasteiger partial charge in [0.25, 0.3) is 17.6 Å². The summed E-state index contributed by atoms with van der Waals surface area (Å²) in [5.41, 5.74) is 1.31. The van der Waals surface area contributed by atoms with E-state index in [2.05, 4.69) is 41.0 Å². The second kappa shape index (κ2) is 14.3. The zero-order valence-corrected chi connectivity index (χ0v) is 25.0. The van der Waals surface area contributed by atoms with Crippen molar-refractivity contribution in [1.82, 2.24) is 50.6 Å². The number of aliphatic carboxylic acids is 1. The maximum Gasteiger partial charge on any atom is 0.490 e. The lowest BCUT2D eigenvalue weighted by Gasteiger charge is -2.34. The number of fused-ring (bicyclic) bond motifs is 1. The van der Waals surface area contributed by atoms with Crippen LogP contribution in [0.15, 0.2) is 48.8 Å². The van der Waals surface area contributed by atoms with Crippen molar-refractivity contribution in [2.24, 2.45) is 0 Å². The number of para-hydroxylation sites is 1. The van der Waals surface area contributed by atoms with E-state index in [4.69, 9.17) is 15.0 Å². The van der Waals surface area contributed by atoms with E-state index < -0.39 is 35.6 Å². The molecule has 1 saturated heterocycles. The molecule has 5 aromatic rings. The molecule has 49 heavy (non-hydrogen) atoms. The summed E-state index contributed by atoms with van der Waals surface area (Å²) in [6.45, 7) is 1.07. The number of halogens is 4. The molecule has 0 spiro atoms. The first-order valence-electron chi connectivity index (χ1n) is 14.2. The maximum absolute atomic E-state index is 15.0. The summed E-state index contributed by atoms with van der Waals surface area (Å²) in [5, 5.41) is 37.0. The molecule has 4 aromatic heterocycles. The summed E-state index contributed by atoms with van der Waals surface area (Å²) in [4.78, 5) is 57.9. The van der Waals surface area contributed by atoms with Crippen LogP contribution in [0.3, 0.4) is 0 Å². The van der Waals surface area contributed by atoms with Crippen LogP contribution in [0.1, 0.15) is 20.8 Å². The van der Waals surface area contributed by atoms with Crippen molar-refractivity contribution >= 4 is 40.4 Å². The van der Waals surface area contributed by atoms with Crippen LogP contribution in [0.2, 0.25) is 0 Å². The van der Waals surface area contributed by atoms with Gasteiger partial charge in [0.1, 0.15) is 17.1 Å². The number of rotatable bonds is 8. The number of carboxylic acids is 1. The number of alkyl halides is 3. The SMILES string of the molecule is O=C(NCCO)c1cc(-c2ncc(F)c3c(C(=O)C(=O)N4CCN(c5nnnn5-c5ccccc5)CC4)c[nH]c23)n[nH]1.O=C(O)C(F)(F)F. The molecule has 1 aliphatic heterocycles. The fraction of sp³-hybridized carbons (Fsp3) is 0.250. The number of ketones is 1. The van der Waals surface area contributed by atoms with E-state index in [1.165, 1.54) is 17.2 Å². The van der Waals surface area contributed by atoms with Crippen LogP contribution in [0, 0.1) is 5.82 Å². The number of carbonyl (C=O) groups excluding carboxylic acids is 3. The minimum atomic E-state index is -5.08. The molecule has 0 atom stereocenters. The number of hydrogen-bond donors (Lipinski definition) is 5. The predicted molar refractivity (Wildman–Crippen MR) is 159 cm³/mol. The van der Waals surface area contributed by atoms with Gasteiger partial charge in [0, 0.05) is 38.9 Å². The number of nitrogens with zero attached hydrogens (tertiary/aromatic N) is 8. The number of aromatic nitrogens is 8. The summed E-state index contributed by atoms with van der Waals surface area (Å²) in [7, 11) is 0. The number of carbonyl (C=O) groups is 4. The number of tetrazole rings is 1. The number of benzene rings is 1. The minimum Gasteiger partial charge on any atom is -0.475 e. The first kappa shape index (κ1) is 34.1. The fourth-order valence-electron chi connectivity index (χ4n) is 4.79. The number of Topliss-reactive ketones (excluding diaryl/α,β-unsaturated/α-hetero) is 1. The topological polar surface area (TPSA) is 228 Å². The highest BCUT2D eigenvalue weighted by molar-refractivity contribution is 6.45. The number of nitrogens with one attached hydrogen (secondary N) is 3. The number of carboxylic acid groups (broad SMARTS) is 1. The van der Waals surface area contributed by atoms with Crippen LogP contribution in [0.4, 0.5) is 23.5 Å². The van der Waals surface area contributed by atoms with Gasteiger partial charge in [-0.15, -0.1) is 0 Å². The summed E-state index contributed by atoms with van der Waals surface area (Å²) in [6.07, 6.45) is -2.88. The van der Waals surface area contributed by atoms with E-state index in [-0.39, 0.29) is 59.8 Å². The molecule has 2 amide bonds. The van der Waals surface area contributed by atoms with Crippen molar-refractivity contribution in [2.75, 3.05) is 44.2 Å². The molecule has 5 N–H and O–H groups in total. The van der Waals surface area contributed by atoms with Crippen molar-refractivity contribution in [1.29, 1.82) is 0 Å². The second-order valence-electron chi connectivity index (χ2n) is 10.2. The Morgan fingerprint density at radius 3 is 2.39 bits per heavy atom. The van der Waals surface area contributed by atoms with E-state index in [1.807, 2.05) is 35.2 Å². The molecule has 6 rings (SSSR count). The van der Waals surface area contributed by atoms with Gasteiger partial charge in [-0.25, -0.2) is 14.2 Å². The predicted octanol–water partition coefficient (Wildman–Crippen LogP) is 0.955. The molecular weight excluding hydrogens is 662 g/mol. The van der Waals surface area contributed by atoms with E-state index >= 15 is 0 Å². The average Bonchev–Trinajstić information content (AvgIpc) is 3.88. The molecule has 0 unspecified atom stereocenters. The highest BCUT2D eigenvalue weighted by Gasteiger charge is 2.38. The zero-order chi connectivity index (χ0) is 35.3. The average molecular weight is 688 g/mol. The lowest BCUT2D eigenvalue weighted by atomic mass is 10.1. The van der Waals surface area contributed by atoms with Crippen molar-refractivity contribution in [3.05, 3.63) is 65.9 Å². The lowest BCUT2D eigenvalue weighted by Crippen LogP contribution is -2.51. The maximum atomic E-state index is 15.0. The van der Waals surface area contributed by atoms with Crippen molar-refractivity contribution < 1.29 is 47.0 Å². The van der Waals surface area contributed by atoms with Crippen LogP contribution < -0.4 is 10.2 Å². The third-order valence-electron chi connectivity index (χ3n) is 7.11. The first-order valence-corrected chi connectivity index (χ1v) is 14.2. The number of hydrogen-bond acceptors (Lipinski definition) is 11.